The summed E-state index contributed by atoms with van der Waals surface area (Å²) in [5.41, 5.74) is 3.65. The minimum atomic E-state index is 1.13. The Hall–Kier alpha value is -0.300. The smallest absolute Gasteiger partial charge is 0.0164 e. The first kappa shape index (κ1) is 10.7. The zero-order chi connectivity index (χ0) is 9.02. The molecule has 0 saturated carbocycles. The Morgan fingerprint density at radius 2 is 1.64 bits per heavy atom. The van der Waals surface area contributed by atoms with E-state index in [1.54, 1.807) is 0 Å². The van der Waals surface area contributed by atoms with Gasteiger partial charge in [0.05, 0.1) is 0 Å². The molecule has 0 aromatic rings. The maximum Gasteiger partial charge on any atom is 0.0164 e. The molecule has 0 rings (SSSR count). The molecule has 0 radical (unpaired) electrons. The van der Waals surface area contributed by atoms with E-state index in [1.165, 1.54) is 11.1 Å². The van der Waals surface area contributed by atoms with Gasteiger partial charge < -0.3 is 0 Å². The van der Waals surface area contributed by atoms with Gasteiger partial charge in [0.1, 0.15) is 0 Å². The second kappa shape index (κ2) is 4.55. The monoisotopic (exact) mass is 214 g/mol. The van der Waals surface area contributed by atoms with Gasteiger partial charge in [0, 0.05) is 4.48 Å². The standard InChI is InChI=1S/C10H15Br/c1-6-10(11)9(5)8(4)7(2)3/h6H,2H2,1,3-5H3/b9-8-,10-6+. The number of allylic oxidation sites excluding steroid dienone is 5. The van der Waals surface area contributed by atoms with E-state index >= 15 is 0 Å². The van der Waals surface area contributed by atoms with Crippen molar-refractivity contribution in [1.29, 1.82) is 0 Å². The van der Waals surface area contributed by atoms with Gasteiger partial charge in [-0.1, -0.05) is 34.2 Å². The predicted molar refractivity (Wildman–Crippen MR) is 55.9 cm³/mol. The number of hydrogen-bond donors (Lipinski definition) is 0. The highest BCUT2D eigenvalue weighted by atomic mass is 79.9. The van der Waals surface area contributed by atoms with Gasteiger partial charge in [0.2, 0.25) is 0 Å². The van der Waals surface area contributed by atoms with E-state index in [9.17, 15) is 0 Å². The van der Waals surface area contributed by atoms with E-state index in [-0.39, 0.29) is 0 Å². The molecule has 0 unspecified atom stereocenters. The Kier molecular flexibility index (Phi) is 4.43. The van der Waals surface area contributed by atoms with E-state index in [1.807, 2.05) is 19.9 Å². The number of hydrogen-bond acceptors (Lipinski definition) is 0. The van der Waals surface area contributed by atoms with E-state index in [0.29, 0.717) is 0 Å². The lowest BCUT2D eigenvalue weighted by Crippen LogP contribution is -1.84. The van der Waals surface area contributed by atoms with E-state index in [4.69, 9.17) is 0 Å². The number of halogens is 1. The van der Waals surface area contributed by atoms with Gasteiger partial charge >= 0.3 is 0 Å². The zero-order valence-electron chi connectivity index (χ0n) is 7.66. The average molecular weight is 215 g/mol. The van der Waals surface area contributed by atoms with Crippen molar-refractivity contribution < 1.29 is 0 Å². The molecule has 0 atom stereocenters. The quantitative estimate of drug-likeness (QED) is 0.605. The number of rotatable bonds is 2. The van der Waals surface area contributed by atoms with Crippen molar-refractivity contribution in [2.45, 2.75) is 27.7 Å². The summed E-state index contributed by atoms with van der Waals surface area (Å²) in [6, 6.07) is 0. The van der Waals surface area contributed by atoms with Crippen LogP contribution in [-0.4, -0.2) is 0 Å². The molecule has 62 valence electrons. The van der Waals surface area contributed by atoms with E-state index in [0.717, 1.165) is 10.1 Å². The maximum absolute atomic E-state index is 3.89. The fraction of sp³-hybridized carbons (Fsp3) is 0.400. The first-order valence-corrected chi connectivity index (χ1v) is 4.45. The second-order valence-electron chi connectivity index (χ2n) is 2.67. The highest BCUT2D eigenvalue weighted by Gasteiger charge is 1.99. The minimum Gasteiger partial charge on any atom is -0.0958 e. The summed E-state index contributed by atoms with van der Waals surface area (Å²) in [7, 11) is 0. The summed E-state index contributed by atoms with van der Waals surface area (Å²) in [6.45, 7) is 12.1. The molecular formula is C10H15Br. The lowest BCUT2D eigenvalue weighted by molar-refractivity contribution is 1.28. The molecule has 0 aromatic heterocycles. The molecule has 0 amide bonds. The van der Waals surface area contributed by atoms with E-state index < -0.39 is 0 Å². The van der Waals surface area contributed by atoms with Gasteiger partial charge in [0.15, 0.2) is 0 Å². The SMILES string of the molecule is C=C(C)/C(C)=C(C)\C(Br)=C/C. The molecule has 11 heavy (non-hydrogen) atoms. The molecule has 0 bridgehead atoms. The molecule has 0 saturated heterocycles. The summed E-state index contributed by atoms with van der Waals surface area (Å²) >= 11 is 3.47. The van der Waals surface area contributed by atoms with Crippen LogP contribution in [0.5, 0.6) is 0 Å². The Morgan fingerprint density at radius 1 is 1.18 bits per heavy atom. The summed E-state index contributed by atoms with van der Waals surface area (Å²) in [6.07, 6.45) is 2.04. The molecule has 0 nitrogen and oxygen atoms in total. The summed E-state index contributed by atoms with van der Waals surface area (Å²) in [5, 5.41) is 0. The van der Waals surface area contributed by atoms with Gasteiger partial charge in [0.25, 0.3) is 0 Å². The topological polar surface area (TPSA) is 0 Å². The van der Waals surface area contributed by atoms with Crippen LogP contribution in [0.3, 0.4) is 0 Å². The Labute approximate surface area is 77.8 Å². The van der Waals surface area contributed by atoms with Gasteiger partial charge in [-0.3, -0.25) is 0 Å². The third kappa shape index (κ3) is 3.06. The molecule has 0 aliphatic rings. The van der Waals surface area contributed by atoms with E-state index in [2.05, 4.69) is 36.4 Å². The molecular weight excluding hydrogens is 200 g/mol. The highest BCUT2D eigenvalue weighted by Crippen LogP contribution is 2.22. The molecule has 0 heterocycles. The Bertz CT molecular complexity index is 219. The van der Waals surface area contributed by atoms with Crippen LogP contribution in [0.15, 0.2) is 33.9 Å². The van der Waals surface area contributed by atoms with Gasteiger partial charge in [-0.05, 0) is 38.8 Å². The van der Waals surface area contributed by atoms with Crippen LogP contribution in [0.4, 0.5) is 0 Å². The van der Waals surface area contributed by atoms with Crippen LogP contribution in [0.25, 0.3) is 0 Å². The fourth-order valence-corrected chi connectivity index (χ4v) is 1.01. The van der Waals surface area contributed by atoms with Crippen molar-refractivity contribution in [2.75, 3.05) is 0 Å². The molecule has 0 spiro atoms. The first-order chi connectivity index (χ1) is 5.00. The van der Waals surface area contributed by atoms with Crippen molar-refractivity contribution in [2.24, 2.45) is 0 Å². The van der Waals surface area contributed by atoms with Gasteiger partial charge in [-0.15, -0.1) is 0 Å². The first-order valence-electron chi connectivity index (χ1n) is 3.66. The largest absolute Gasteiger partial charge is 0.0958 e. The van der Waals surface area contributed by atoms with Crippen LogP contribution in [0.2, 0.25) is 0 Å². The van der Waals surface area contributed by atoms with Crippen molar-refractivity contribution in [1.82, 2.24) is 0 Å². The molecule has 0 aromatic carbocycles. The van der Waals surface area contributed by atoms with Crippen LogP contribution in [0, 0.1) is 0 Å². The molecule has 0 aliphatic carbocycles. The minimum absolute atomic E-state index is 1.13. The normalized spacial score (nSPS) is 14.5. The van der Waals surface area contributed by atoms with Gasteiger partial charge in [-0.25, -0.2) is 0 Å². The van der Waals surface area contributed by atoms with Crippen molar-refractivity contribution >= 4 is 15.9 Å². The molecule has 0 fully saturated rings. The third-order valence-electron chi connectivity index (χ3n) is 1.81. The Balaban J connectivity index is 4.81. The molecule has 0 N–H and O–H groups in total. The second-order valence-corrected chi connectivity index (χ2v) is 3.52. The summed E-state index contributed by atoms with van der Waals surface area (Å²) < 4.78 is 1.15. The lowest BCUT2D eigenvalue weighted by Gasteiger charge is -2.05. The van der Waals surface area contributed by atoms with Crippen molar-refractivity contribution in [3.8, 4) is 0 Å². The lowest BCUT2D eigenvalue weighted by atomic mass is 10.1. The average Bonchev–Trinajstić information content (AvgIpc) is 2.00. The van der Waals surface area contributed by atoms with Crippen LogP contribution >= 0.6 is 15.9 Å². The van der Waals surface area contributed by atoms with Gasteiger partial charge in [-0.2, -0.15) is 0 Å². The van der Waals surface area contributed by atoms with Crippen LogP contribution < -0.4 is 0 Å². The summed E-state index contributed by atoms with van der Waals surface area (Å²) in [4.78, 5) is 0. The van der Waals surface area contributed by atoms with Crippen molar-refractivity contribution in [3.63, 3.8) is 0 Å². The maximum atomic E-state index is 3.89. The molecule has 0 aliphatic heterocycles. The third-order valence-corrected chi connectivity index (χ3v) is 2.87. The van der Waals surface area contributed by atoms with Crippen molar-refractivity contribution in [3.05, 3.63) is 33.9 Å². The molecule has 1 heteroatoms. The zero-order valence-corrected chi connectivity index (χ0v) is 9.25. The highest BCUT2D eigenvalue weighted by molar-refractivity contribution is 9.12. The van der Waals surface area contributed by atoms with Crippen LogP contribution in [-0.2, 0) is 0 Å². The van der Waals surface area contributed by atoms with Crippen LogP contribution in [0.1, 0.15) is 27.7 Å². The predicted octanol–water partition coefficient (Wildman–Crippen LogP) is 4.20. The fourth-order valence-electron chi connectivity index (χ4n) is 0.716. The summed E-state index contributed by atoms with van der Waals surface area (Å²) in [5.74, 6) is 0. The Morgan fingerprint density at radius 3 is 1.91 bits per heavy atom.